The molecule has 0 fully saturated rings. The summed E-state index contributed by atoms with van der Waals surface area (Å²) >= 11 is 1.43. The highest BCUT2D eigenvalue weighted by Crippen LogP contribution is 2.22. The Morgan fingerprint density at radius 1 is 1.10 bits per heavy atom. The lowest BCUT2D eigenvalue weighted by molar-refractivity contribution is -0.143. The monoisotopic (exact) mass is 461 g/mol. The Balaban J connectivity index is 1.57. The van der Waals surface area contributed by atoms with Gasteiger partial charge in [-0.2, -0.15) is 4.31 Å². The van der Waals surface area contributed by atoms with Crippen molar-refractivity contribution in [1.82, 2.24) is 14.6 Å². The summed E-state index contributed by atoms with van der Waals surface area (Å²) in [6.45, 7) is 3.84. The number of nitrogens with one attached hydrogen (secondary N) is 1. The first-order valence-electron chi connectivity index (χ1n) is 9.73. The molecule has 3 rings (SSSR count). The molecule has 3 aromatic rings. The van der Waals surface area contributed by atoms with Gasteiger partial charge in [0, 0.05) is 18.7 Å². The molecule has 8 nitrogen and oxygen atoms in total. The topological polar surface area (TPSA) is 106 Å². The van der Waals surface area contributed by atoms with Gasteiger partial charge in [0.1, 0.15) is 18.2 Å². The Kier molecular flexibility index (Phi) is 7.37. The number of sulfonamides is 1. The molecule has 0 aliphatic rings. The molecule has 0 radical (unpaired) electrons. The van der Waals surface area contributed by atoms with E-state index in [1.54, 1.807) is 13.8 Å². The van der Waals surface area contributed by atoms with Crippen LogP contribution in [0.15, 0.2) is 53.4 Å². The Morgan fingerprint density at radius 3 is 2.55 bits per heavy atom. The summed E-state index contributed by atoms with van der Waals surface area (Å²) in [6, 6.07) is 13.3. The predicted molar refractivity (Wildman–Crippen MR) is 118 cm³/mol. The molecule has 1 amide bonds. The Hall–Kier alpha value is -2.82. The van der Waals surface area contributed by atoms with Crippen molar-refractivity contribution < 1.29 is 22.7 Å². The number of rotatable bonds is 9. The number of carbonyl (C=O) groups is 2. The van der Waals surface area contributed by atoms with Gasteiger partial charge in [0.2, 0.25) is 10.0 Å². The molecule has 2 aromatic carbocycles. The van der Waals surface area contributed by atoms with Crippen LogP contribution < -0.4 is 5.32 Å². The summed E-state index contributed by atoms with van der Waals surface area (Å²) < 4.78 is 32.8. The molecule has 0 aliphatic heterocycles. The zero-order chi connectivity index (χ0) is 22.4. The van der Waals surface area contributed by atoms with E-state index in [0.29, 0.717) is 18.1 Å². The van der Waals surface area contributed by atoms with Crippen molar-refractivity contribution in [2.24, 2.45) is 0 Å². The fourth-order valence-electron chi connectivity index (χ4n) is 2.94. The standard InChI is InChI=1S/C21H23N3O5S2/c1-3-24(4-2)31(27,28)16-9-7-8-15(12-16)21(26)22-13-20(25)29-14-19-23-17-10-5-6-11-18(17)30-19/h5-12H,3-4,13-14H2,1-2H3,(H,22,26). The Morgan fingerprint density at radius 2 is 1.84 bits per heavy atom. The molecule has 1 aromatic heterocycles. The number of esters is 1. The van der Waals surface area contributed by atoms with E-state index in [1.807, 2.05) is 24.3 Å². The second kappa shape index (κ2) is 9.99. The first-order chi connectivity index (χ1) is 14.8. The lowest BCUT2D eigenvalue weighted by Gasteiger charge is -2.18. The summed E-state index contributed by atoms with van der Waals surface area (Å²) in [4.78, 5) is 28.8. The van der Waals surface area contributed by atoms with Crippen molar-refractivity contribution in [2.75, 3.05) is 19.6 Å². The zero-order valence-corrected chi connectivity index (χ0v) is 18.8. The van der Waals surface area contributed by atoms with E-state index < -0.39 is 21.9 Å². The normalized spacial score (nSPS) is 11.6. The molecule has 0 bridgehead atoms. The van der Waals surface area contributed by atoms with Gasteiger partial charge in [-0.25, -0.2) is 13.4 Å². The maximum Gasteiger partial charge on any atom is 0.325 e. The SMILES string of the molecule is CCN(CC)S(=O)(=O)c1cccc(C(=O)NCC(=O)OCc2nc3ccccc3s2)c1. The Labute approximate surface area is 184 Å². The van der Waals surface area contributed by atoms with Gasteiger partial charge in [-0.3, -0.25) is 9.59 Å². The van der Waals surface area contributed by atoms with Crippen LogP contribution in [0.1, 0.15) is 29.2 Å². The predicted octanol–water partition coefficient (Wildman–Crippen LogP) is 2.80. The van der Waals surface area contributed by atoms with Gasteiger partial charge in [0.05, 0.1) is 15.1 Å². The van der Waals surface area contributed by atoms with Gasteiger partial charge >= 0.3 is 5.97 Å². The molecule has 10 heteroatoms. The molecule has 0 saturated heterocycles. The van der Waals surface area contributed by atoms with Crippen LogP contribution in [-0.2, 0) is 26.2 Å². The second-order valence-corrected chi connectivity index (χ2v) is 9.59. The molecular formula is C21H23N3O5S2. The number of hydrogen-bond donors (Lipinski definition) is 1. The van der Waals surface area contributed by atoms with E-state index >= 15 is 0 Å². The van der Waals surface area contributed by atoms with Crippen molar-refractivity contribution in [3.05, 3.63) is 59.1 Å². The third-order valence-corrected chi connectivity index (χ3v) is 7.58. The van der Waals surface area contributed by atoms with Crippen molar-refractivity contribution in [1.29, 1.82) is 0 Å². The quantitative estimate of drug-likeness (QED) is 0.491. The van der Waals surface area contributed by atoms with Gasteiger partial charge < -0.3 is 10.1 Å². The van der Waals surface area contributed by atoms with Gasteiger partial charge in [-0.05, 0) is 30.3 Å². The first kappa shape index (κ1) is 22.9. The van der Waals surface area contributed by atoms with Crippen molar-refractivity contribution in [3.8, 4) is 0 Å². The van der Waals surface area contributed by atoms with Crippen LogP contribution in [0.4, 0.5) is 0 Å². The number of nitrogens with zero attached hydrogens (tertiary/aromatic N) is 2. The number of aromatic nitrogens is 1. The third-order valence-electron chi connectivity index (χ3n) is 4.53. The van der Waals surface area contributed by atoms with E-state index in [2.05, 4.69) is 10.3 Å². The van der Waals surface area contributed by atoms with Crippen LogP contribution in [0.2, 0.25) is 0 Å². The highest BCUT2D eigenvalue weighted by atomic mass is 32.2. The smallest absolute Gasteiger partial charge is 0.325 e. The summed E-state index contributed by atoms with van der Waals surface area (Å²) in [6.07, 6.45) is 0. The molecule has 1 N–H and O–H groups in total. The number of carbonyl (C=O) groups excluding carboxylic acids is 2. The number of fused-ring (bicyclic) bond motifs is 1. The van der Waals surface area contributed by atoms with Gasteiger partial charge in [0.25, 0.3) is 5.91 Å². The van der Waals surface area contributed by atoms with Gasteiger partial charge in [-0.1, -0.05) is 32.0 Å². The minimum atomic E-state index is -3.68. The largest absolute Gasteiger partial charge is 0.457 e. The highest BCUT2D eigenvalue weighted by molar-refractivity contribution is 7.89. The maximum atomic E-state index is 12.6. The molecule has 164 valence electrons. The fraction of sp³-hybridized carbons (Fsp3) is 0.286. The molecule has 0 aliphatic carbocycles. The number of para-hydroxylation sites is 1. The number of thiazole rings is 1. The zero-order valence-electron chi connectivity index (χ0n) is 17.2. The van der Waals surface area contributed by atoms with Crippen LogP contribution in [-0.4, -0.2) is 49.2 Å². The van der Waals surface area contributed by atoms with Crippen molar-refractivity contribution in [2.45, 2.75) is 25.3 Å². The average Bonchev–Trinajstić information content (AvgIpc) is 3.20. The molecular weight excluding hydrogens is 438 g/mol. The van der Waals surface area contributed by atoms with Crippen LogP contribution >= 0.6 is 11.3 Å². The summed E-state index contributed by atoms with van der Waals surface area (Å²) in [5, 5.41) is 3.12. The van der Waals surface area contributed by atoms with Crippen LogP contribution in [0.25, 0.3) is 10.2 Å². The van der Waals surface area contributed by atoms with Crippen LogP contribution in [0, 0.1) is 0 Å². The highest BCUT2D eigenvalue weighted by Gasteiger charge is 2.22. The van der Waals surface area contributed by atoms with Crippen molar-refractivity contribution >= 4 is 43.5 Å². The number of amides is 1. The minimum absolute atomic E-state index is 0.0195. The molecule has 31 heavy (non-hydrogen) atoms. The van der Waals surface area contributed by atoms with Crippen LogP contribution in [0.5, 0.6) is 0 Å². The maximum absolute atomic E-state index is 12.6. The second-order valence-electron chi connectivity index (χ2n) is 6.54. The average molecular weight is 462 g/mol. The lowest BCUT2D eigenvalue weighted by Crippen LogP contribution is -2.32. The van der Waals surface area contributed by atoms with Crippen molar-refractivity contribution in [3.63, 3.8) is 0 Å². The fourth-order valence-corrected chi connectivity index (χ4v) is 5.32. The number of benzene rings is 2. The number of ether oxygens (including phenoxy) is 1. The van der Waals surface area contributed by atoms with E-state index in [9.17, 15) is 18.0 Å². The first-order valence-corrected chi connectivity index (χ1v) is 12.0. The molecule has 0 unspecified atom stereocenters. The van der Waals surface area contributed by atoms with E-state index in [4.69, 9.17) is 4.74 Å². The summed E-state index contributed by atoms with van der Waals surface area (Å²) in [5.41, 5.74) is 0.985. The Bertz CT molecular complexity index is 1150. The molecule has 0 atom stereocenters. The van der Waals surface area contributed by atoms with E-state index in [1.165, 1.54) is 39.9 Å². The molecule has 0 spiro atoms. The summed E-state index contributed by atoms with van der Waals surface area (Å²) in [7, 11) is -3.68. The van der Waals surface area contributed by atoms with E-state index in [0.717, 1.165) is 10.2 Å². The molecule has 1 heterocycles. The van der Waals surface area contributed by atoms with Gasteiger partial charge in [0.15, 0.2) is 0 Å². The molecule has 0 saturated carbocycles. The van der Waals surface area contributed by atoms with Crippen LogP contribution in [0.3, 0.4) is 0 Å². The number of hydrogen-bond acceptors (Lipinski definition) is 7. The third kappa shape index (κ3) is 5.46. The minimum Gasteiger partial charge on any atom is -0.457 e. The van der Waals surface area contributed by atoms with Gasteiger partial charge in [-0.15, -0.1) is 11.3 Å². The lowest BCUT2D eigenvalue weighted by atomic mass is 10.2. The van der Waals surface area contributed by atoms with E-state index in [-0.39, 0.29) is 23.6 Å². The summed E-state index contributed by atoms with van der Waals surface area (Å²) in [5.74, 6) is -1.17.